The number of piperazine rings is 1. The molecule has 3 N–H and O–H groups in total. The van der Waals surface area contributed by atoms with Crippen LogP contribution in [0.1, 0.15) is 0 Å². The normalized spacial score (nSPS) is 18.0. The van der Waals surface area contributed by atoms with E-state index >= 15 is 0 Å². The van der Waals surface area contributed by atoms with E-state index in [1.54, 1.807) is 4.57 Å². The summed E-state index contributed by atoms with van der Waals surface area (Å²) in [5, 5.41) is 18.9. The lowest BCUT2D eigenvalue weighted by Crippen LogP contribution is -2.45. The van der Waals surface area contributed by atoms with Gasteiger partial charge in [0.05, 0.1) is 25.6 Å². The minimum Gasteiger partial charge on any atom is -0.394 e. The molecular formula is C13H20N6O3. The van der Waals surface area contributed by atoms with E-state index in [9.17, 15) is 9.90 Å². The van der Waals surface area contributed by atoms with Crippen LogP contribution in [0.5, 0.6) is 0 Å². The zero-order valence-corrected chi connectivity index (χ0v) is 12.4. The van der Waals surface area contributed by atoms with E-state index in [4.69, 9.17) is 5.11 Å². The van der Waals surface area contributed by atoms with Gasteiger partial charge in [-0.05, 0) is 7.05 Å². The summed E-state index contributed by atoms with van der Waals surface area (Å²) in [6, 6.07) is 0. The molecule has 0 aliphatic carbocycles. The molecule has 9 nitrogen and oxygen atoms in total. The van der Waals surface area contributed by atoms with Gasteiger partial charge in [-0.3, -0.25) is 9.36 Å². The Kier molecular flexibility index (Phi) is 4.10. The van der Waals surface area contributed by atoms with E-state index < -0.39 is 6.10 Å². The average Bonchev–Trinajstić information content (AvgIpc) is 2.88. The number of likely N-dealkylation sites (N-methyl/N-ethyl adjacent to an activating group) is 1. The Balaban J connectivity index is 2.05. The quantitative estimate of drug-likeness (QED) is 0.613. The van der Waals surface area contributed by atoms with Crippen molar-refractivity contribution in [3.63, 3.8) is 0 Å². The zero-order chi connectivity index (χ0) is 15.7. The van der Waals surface area contributed by atoms with Crippen molar-refractivity contribution in [2.75, 3.05) is 44.7 Å². The largest absolute Gasteiger partial charge is 0.394 e. The third-order valence-electron chi connectivity index (χ3n) is 3.91. The zero-order valence-electron chi connectivity index (χ0n) is 12.4. The Bertz CT molecular complexity index is 703. The predicted molar refractivity (Wildman–Crippen MR) is 81.0 cm³/mol. The van der Waals surface area contributed by atoms with Crippen LogP contribution in [-0.4, -0.2) is 80.6 Å². The van der Waals surface area contributed by atoms with Crippen LogP contribution >= 0.6 is 0 Å². The van der Waals surface area contributed by atoms with Crippen molar-refractivity contribution in [1.29, 1.82) is 0 Å². The maximum absolute atomic E-state index is 11.9. The van der Waals surface area contributed by atoms with Crippen LogP contribution in [0.2, 0.25) is 0 Å². The summed E-state index contributed by atoms with van der Waals surface area (Å²) in [5.74, 6) is 0.611. The molecule has 2 aromatic rings. The van der Waals surface area contributed by atoms with E-state index in [1.165, 1.54) is 6.33 Å². The lowest BCUT2D eigenvalue weighted by atomic mass is 10.3. The molecule has 0 aromatic carbocycles. The van der Waals surface area contributed by atoms with Crippen molar-refractivity contribution in [1.82, 2.24) is 24.4 Å². The monoisotopic (exact) mass is 308 g/mol. The van der Waals surface area contributed by atoms with Crippen LogP contribution in [0.4, 0.5) is 5.95 Å². The molecule has 22 heavy (non-hydrogen) atoms. The average molecular weight is 308 g/mol. The molecule has 3 heterocycles. The summed E-state index contributed by atoms with van der Waals surface area (Å²) in [6.45, 7) is 3.15. The minimum atomic E-state index is -0.926. The van der Waals surface area contributed by atoms with Gasteiger partial charge >= 0.3 is 0 Å². The number of anilines is 1. The van der Waals surface area contributed by atoms with E-state index in [0.717, 1.165) is 26.2 Å². The smallest absolute Gasteiger partial charge is 0.278 e. The first-order chi connectivity index (χ1) is 10.6. The second-order valence-electron chi connectivity index (χ2n) is 5.55. The number of rotatable bonds is 4. The number of hydrogen-bond donors (Lipinski definition) is 3. The number of aromatic nitrogens is 4. The highest BCUT2D eigenvalue weighted by Gasteiger charge is 2.23. The van der Waals surface area contributed by atoms with Gasteiger partial charge in [0.15, 0.2) is 11.2 Å². The summed E-state index contributed by atoms with van der Waals surface area (Å²) >= 11 is 0. The minimum absolute atomic E-state index is 0.144. The highest BCUT2D eigenvalue weighted by Crippen LogP contribution is 2.20. The fraction of sp³-hybridized carbons (Fsp3) is 0.615. The van der Waals surface area contributed by atoms with Crippen molar-refractivity contribution in [2.24, 2.45) is 0 Å². The molecular weight excluding hydrogens is 288 g/mol. The molecule has 0 radical (unpaired) electrons. The van der Waals surface area contributed by atoms with Gasteiger partial charge in [-0.1, -0.05) is 0 Å². The van der Waals surface area contributed by atoms with E-state index in [1.807, 2.05) is 0 Å². The summed E-state index contributed by atoms with van der Waals surface area (Å²) in [4.78, 5) is 27.3. The van der Waals surface area contributed by atoms with E-state index in [2.05, 4.69) is 31.8 Å². The number of aliphatic hydroxyl groups is 2. The molecule has 1 saturated heterocycles. The van der Waals surface area contributed by atoms with Crippen molar-refractivity contribution < 1.29 is 10.2 Å². The van der Waals surface area contributed by atoms with Crippen LogP contribution in [-0.2, 0) is 6.54 Å². The van der Waals surface area contributed by atoms with Crippen LogP contribution in [0, 0.1) is 0 Å². The van der Waals surface area contributed by atoms with Gasteiger partial charge in [-0.15, -0.1) is 0 Å². The number of hydrogen-bond acceptors (Lipinski definition) is 7. The second kappa shape index (κ2) is 6.03. The van der Waals surface area contributed by atoms with E-state index in [-0.39, 0.29) is 24.2 Å². The molecule has 1 aliphatic rings. The van der Waals surface area contributed by atoms with Gasteiger partial charge in [-0.2, -0.15) is 0 Å². The third kappa shape index (κ3) is 2.70. The van der Waals surface area contributed by atoms with Crippen molar-refractivity contribution in [3.05, 3.63) is 16.7 Å². The molecule has 0 spiro atoms. The highest BCUT2D eigenvalue weighted by atomic mass is 16.3. The SMILES string of the molecule is CN1CCN(c2nc3c(=O)[nH]cnc3n2C[C@H](O)CO)CC1. The lowest BCUT2D eigenvalue weighted by molar-refractivity contribution is 0.0821. The fourth-order valence-electron chi connectivity index (χ4n) is 2.62. The van der Waals surface area contributed by atoms with Crippen LogP contribution in [0.25, 0.3) is 11.2 Å². The molecule has 3 rings (SSSR count). The van der Waals surface area contributed by atoms with Gasteiger partial charge in [0, 0.05) is 26.2 Å². The Labute approximate surface area is 126 Å². The fourth-order valence-corrected chi connectivity index (χ4v) is 2.62. The van der Waals surface area contributed by atoms with Gasteiger partial charge in [0.2, 0.25) is 5.95 Å². The molecule has 0 unspecified atom stereocenters. The molecule has 0 amide bonds. The van der Waals surface area contributed by atoms with Gasteiger partial charge in [0.25, 0.3) is 5.56 Å². The topological polar surface area (TPSA) is 111 Å². The Morgan fingerprint density at radius 2 is 2.09 bits per heavy atom. The molecule has 1 atom stereocenters. The molecule has 2 aromatic heterocycles. The first kappa shape index (κ1) is 14.9. The molecule has 1 aliphatic heterocycles. The van der Waals surface area contributed by atoms with Crippen LogP contribution in [0.3, 0.4) is 0 Å². The molecule has 120 valence electrons. The van der Waals surface area contributed by atoms with Crippen LogP contribution < -0.4 is 10.5 Å². The Hall–Kier alpha value is -1.97. The van der Waals surface area contributed by atoms with E-state index in [0.29, 0.717) is 11.6 Å². The number of aromatic amines is 1. The van der Waals surface area contributed by atoms with Crippen molar-refractivity contribution >= 4 is 17.1 Å². The highest BCUT2D eigenvalue weighted by molar-refractivity contribution is 5.73. The maximum atomic E-state index is 11.9. The summed E-state index contributed by atoms with van der Waals surface area (Å²) in [6.07, 6.45) is 0.395. The molecule has 9 heteroatoms. The first-order valence-corrected chi connectivity index (χ1v) is 7.26. The number of fused-ring (bicyclic) bond motifs is 1. The third-order valence-corrected chi connectivity index (χ3v) is 3.91. The summed E-state index contributed by atoms with van der Waals surface area (Å²) in [7, 11) is 2.06. The van der Waals surface area contributed by atoms with Crippen molar-refractivity contribution in [3.8, 4) is 0 Å². The number of H-pyrrole nitrogens is 1. The predicted octanol–water partition coefficient (Wildman–Crippen LogP) is -1.78. The van der Waals surface area contributed by atoms with Crippen LogP contribution in [0.15, 0.2) is 11.1 Å². The Morgan fingerprint density at radius 3 is 2.77 bits per heavy atom. The molecule has 1 fully saturated rings. The standard InChI is InChI=1S/C13H20N6O3/c1-17-2-4-18(5-3-17)13-16-10-11(14-8-15-12(10)22)19(13)6-9(21)7-20/h8-9,20-21H,2-7H2,1H3,(H,14,15,22)/t9-/m0/s1. The summed E-state index contributed by atoms with van der Waals surface area (Å²) < 4.78 is 1.71. The van der Waals surface area contributed by atoms with Gasteiger partial charge in [-0.25, -0.2) is 9.97 Å². The number of nitrogens with zero attached hydrogens (tertiary/aromatic N) is 5. The van der Waals surface area contributed by atoms with Crippen molar-refractivity contribution in [2.45, 2.75) is 12.6 Å². The lowest BCUT2D eigenvalue weighted by Gasteiger charge is -2.33. The Morgan fingerprint density at radius 1 is 1.36 bits per heavy atom. The maximum Gasteiger partial charge on any atom is 0.278 e. The number of nitrogens with one attached hydrogen (secondary N) is 1. The second-order valence-corrected chi connectivity index (χ2v) is 5.55. The summed E-state index contributed by atoms with van der Waals surface area (Å²) in [5.41, 5.74) is 0.365. The van der Waals surface area contributed by atoms with Gasteiger partial charge in [0.1, 0.15) is 0 Å². The molecule has 0 bridgehead atoms. The molecule has 0 saturated carbocycles. The number of imidazole rings is 1. The first-order valence-electron chi connectivity index (χ1n) is 7.26. The number of aliphatic hydroxyl groups excluding tert-OH is 2. The van der Waals surface area contributed by atoms with Gasteiger partial charge < -0.3 is 25.0 Å².